The van der Waals surface area contributed by atoms with Crippen LogP contribution in [0.2, 0.25) is 0 Å². The van der Waals surface area contributed by atoms with E-state index in [0.717, 1.165) is 15.2 Å². The van der Waals surface area contributed by atoms with Gasteiger partial charge in [-0.25, -0.2) is 4.98 Å². The molecule has 0 bridgehead atoms. The molecule has 7 nitrogen and oxygen atoms in total. The molecule has 1 aromatic carbocycles. The van der Waals surface area contributed by atoms with Crippen molar-refractivity contribution in [1.82, 2.24) is 9.97 Å². The highest BCUT2D eigenvalue weighted by Gasteiger charge is 2.25. The fraction of sp³-hybridized carbons (Fsp3) is 0.375. The molecule has 0 atom stereocenters. The summed E-state index contributed by atoms with van der Waals surface area (Å²) in [6.45, 7) is 5.38. The number of amides is 1. The minimum Gasteiger partial charge on any atom is -0.386 e. The van der Waals surface area contributed by atoms with Gasteiger partial charge in [0.25, 0.3) is 5.91 Å². The van der Waals surface area contributed by atoms with E-state index < -0.39 is 5.60 Å². The third-order valence-electron chi connectivity index (χ3n) is 5.54. The van der Waals surface area contributed by atoms with Crippen molar-refractivity contribution >= 4 is 39.9 Å². The van der Waals surface area contributed by atoms with Crippen molar-refractivity contribution < 1.29 is 14.7 Å². The molecule has 1 aliphatic rings. The molecule has 3 aromatic rings. The lowest BCUT2D eigenvalue weighted by molar-refractivity contribution is -0.0980. The second-order valence-corrected chi connectivity index (χ2v) is 9.40. The highest BCUT2D eigenvalue weighted by molar-refractivity contribution is 7.18. The number of carbonyl (C=O) groups excluding carboxylic acids is 2. The van der Waals surface area contributed by atoms with Crippen LogP contribution in [0.5, 0.6) is 0 Å². The Bertz CT molecular complexity index is 1150. The molecule has 1 aliphatic carbocycles. The molecule has 2 heterocycles. The summed E-state index contributed by atoms with van der Waals surface area (Å²) >= 11 is 1.67. The van der Waals surface area contributed by atoms with Gasteiger partial charge in [0.1, 0.15) is 12.9 Å². The summed E-state index contributed by atoms with van der Waals surface area (Å²) in [5.74, 6) is 0.126. The zero-order valence-corrected chi connectivity index (χ0v) is 19.0. The van der Waals surface area contributed by atoms with Crippen molar-refractivity contribution in [3.63, 3.8) is 0 Å². The van der Waals surface area contributed by atoms with Crippen molar-refractivity contribution in [2.24, 2.45) is 0 Å². The quantitative estimate of drug-likeness (QED) is 0.584. The molecular weight excluding hydrogens is 424 g/mol. The van der Waals surface area contributed by atoms with Crippen LogP contribution in [0.1, 0.15) is 78.4 Å². The zero-order valence-electron chi connectivity index (χ0n) is 18.2. The van der Waals surface area contributed by atoms with Crippen molar-refractivity contribution in [3.8, 4) is 6.07 Å². The number of fused-ring (bicyclic) bond motifs is 1. The number of thiazole rings is 1. The number of aromatic nitrogens is 2. The Morgan fingerprint density at radius 3 is 2.59 bits per heavy atom. The number of nitriles is 1. The van der Waals surface area contributed by atoms with E-state index in [0.29, 0.717) is 28.3 Å². The lowest BCUT2D eigenvalue weighted by Gasteiger charge is -2.22. The van der Waals surface area contributed by atoms with Crippen molar-refractivity contribution in [2.45, 2.75) is 57.5 Å². The Morgan fingerprint density at radius 1 is 1.22 bits per heavy atom. The number of pyridine rings is 1. The first-order chi connectivity index (χ1) is 15.3. The van der Waals surface area contributed by atoms with Gasteiger partial charge in [-0.1, -0.05) is 19.3 Å². The third-order valence-corrected chi connectivity index (χ3v) is 6.72. The van der Waals surface area contributed by atoms with E-state index in [2.05, 4.69) is 10.3 Å². The normalized spacial score (nSPS) is 14.3. The number of aliphatic hydroxyl groups is 1. The van der Waals surface area contributed by atoms with Crippen LogP contribution in [-0.4, -0.2) is 27.8 Å². The van der Waals surface area contributed by atoms with Crippen molar-refractivity contribution in [2.75, 3.05) is 5.32 Å². The Kier molecular flexibility index (Phi) is 7.33. The maximum Gasteiger partial charge on any atom is 0.257 e. The van der Waals surface area contributed by atoms with Gasteiger partial charge in [-0.2, -0.15) is 5.26 Å². The third kappa shape index (κ3) is 5.18. The zero-order chi connectivity index (χ0) is 23.3. The van der Waals surface area contributed by atoms with E-state index in [1.165, 1.54) is 50.6 Å². The Balaban J connectivity index is 0.00000141. The monoisotopic (exact) mass is 450 g/mol. The first-order valence-corrected chi connectivity index (χ1v) is 11.3. The number of rotatable bonds is 4. The van der Waals surface area contributed by atoms with Gasteiger partial charge in [-0.05, 0) is 44.9 Å². The summed E-state index contributed by atoms with van der Waals surface area (Å²) in [6.07, 6.45) is 8.96. The van der Waals surface area contributed by atoms with Gasteiger partial charge in [0, 0.05) is 29.6 Å². The van der Waals surface area contributed by atoms with Crippen LogP contribution in [0.25, 0.3) is 10.2 Å². The van der Waals surface area contributed by atoms with Gasteiger partial charge >= 0.3 is 0 Å². The van der Waals surface area contributed by atoms with Crippen LogP contribution in [-0.2, 0) is 10.4 Å². The molecular formula is C24H26N4O3S. The molecule has 166 valence electrons. The van der Waals surface area contributed by atoms with E-state index in [1.807, 2.05) is 25.0 Å². The minimum atomic E-state index is -1.15. The average Bonchev–Trinajstić information content (AvgIpc) is 3.23. The molecule has 1 amide bonds. The molecule has 0 spiro atoms. The van der Waals surface area contributed by atoms with Crippen molar-refractivity contribution in [3.05, 3.63) is 52.3 Å². The number of hydrogen-bond donors (Lipinski definition) is 2. The number of nitrogens with one attached hydrogen (secondary N) is 1. The molecule has 4 rings (SSSR count). The van der Waals surface area contributed by atoms with Crippen LogP contribution in [0.15, 0.2) is 30.6 Å². The predicted octanol–water partition coefficient (Wildman–Crippen LogP) is 4.91. The van der Waals surface area contributed by atoms with Crippen LogP contribution in [0.4, 0.5) is 5.69 Å². The maximum absolute atomic E-state index is 12.8. The Hall–Kier alpha value is -3.15. The minimum absolute atomic E-state index is 0.294. The lowest BCUT2D eigenvalue weighted by Crippen LogP contribution is -2.21. The van der Waals surface area contributed by atoms with E-state index in [9.17, 15) is 9.90 Å². The highest BCUT2D eigenvalue weighted by atomic mass is 32.1. The predicted molar refractivity (Wildman–Crippen MR) is 125 cm³/mol. The molecule has 32 heavy (non-hydrogen) atoms. The van der Waals surface area contributed by atoms with Crippen LogP contribution in [0.3, 0.4) is 0 Å². The molecule has 0 aliphatic heterocycles. The fourth-order valence-electron chi connectivity index (χ4n) is 3.95. The molecule has 1 fully saturated rings. The number of hydrogen-bond acceptors (Lipinski definition) is 7. The SMILES string of the molecule is C=O.CC(C)(O)c1cc2nc(C3CCCCC3)sc2cc1NC(=O)c1cncc(C#N)c1. The average molecular weight is 451 g/mol. The fourth-order valence-corrected chi connectivity index (χ4v) is 5.10. The number of benzene rings is 1. The summed E-state index contributed by atoms with van der Waals surface area (Å²) in [5.41, 5.74) is 1.46. The molecule has 0 radical (unpaired) electrons. The number of carbonyl (C=O) groups is 2. The van der Waals surface area contributed by atoms with Gasteiger partial charge in [-0.15, -0.1) is 11.3 Å². The first kappa shape index (κ1) is 23.5. The molecule has 2 aromatic heterocycles. The topological polar surface area (TPSA) is 116 Å². The van der Waals surface area contributed by atoms with Gasteiger partial charge in [0.15, 0.2) is 0 Å². The van der Waals surface area contributed by atoms with Gasteiger partial charge in [-0.3, -0.25) is 9.78 Å². The molecule has 0 saturated heterocycles. The molecule has 0 unspecified atom stereocenters. The van der Waals surface area contributed by atoms with E-state index in [1.54, 1.807) is 25.2 Å². The van der Waals surface area contributed by atoms with Crippen LogP contribution >= 0.6 is 11.3 Å². The smallest absolute Gasteiger partial charge is 0.257 e. The van der Waals surface area contributed by atoms with E-state index >= 15 is 0 Å². The number of anilines is 1. The van der Waals surface area contributed by atoms with E-state index in [-0.39, 0.29) is 5.91 Å². The van der Waals surface area contributed by atoms with E-state index in [4.69, 9.17) is 15.0 Å². The standard InChI is InChI=1S/C23H24N4O2S.CH2O/c1-23(2,29)17-9-19-20(30-22(27-19)15-6-4-3-5-7-15)10-18(17)26-21(28)16-8-14(11-24)12-25-13-16;1-2/h8-10,12-13,15,29H,3-7H2,1-2H3,(H,26,28);1H2. The van der Waals surface area contributed by atoms with Gasteiger partial charge in [0.2, 0.25) is 0 Å². The van der Waals surface area contributed by atoms with Gasteiger partial charge in [0.05, 0.1) is 32.0 Å². The lowest BCUT2D eigenvalue weighted by atomic mass is 9.90. The maximum atomic E-state index is 12.8. The Labute approximate surface area is 191 Å². The van der Waals surface area contributed by atoms with Gasteiger partial charge < -0.3 is 15.2 Å². The highest BCUT2D eigenvalue weighted by Crippen LogP contribution is 2.39. The summed E-state index contributed by atoms with van der Waals surface area (Å²) < 4.78 is 0.989. The Morgan fingerprint density at radius 2 is 1.94 bits per heavy atom. The summed E-state index contributed by atoms with van der Waals surface area (Å²) in [7, 11) is 0. The largest absolute Gasteiger partial charge is 0.386 e. The summed E-state index contributed by atoms with van der Waals surface area (Å²) in [4.78, 5) is 29.6. The molecule has 8 heteroatoms. The second kappa shape index (κ2) is 9.98. The molecule has 1 saturated carbocycles. The molecule has 2 N–H and O–H groups in total. The second-order valence-electron chi connectivity index (χ2n) is 8.34. The summed E-state index contributed by atoms with van der Waals surface area (Å²) in [5, 5.41) is 23.8. The van der Waals surface area contributed by atoms with Crippen LogP contribution < -0.4 is 5.32 Å². The first-order valence-electron chi connectivity index (χ1n) is 10.5. The van der Waals surface area contributed by atoms with Crippen LogP contribution in [0, 0.1) is 11.3 Å². The van der Waals surface area contributed by atoms with Crippen molar-refractivity contribution in [1.29, 1.82) is 5.26 Å². The summed E-state index contributed by atoms with van der Waals surface area (Å²) in [6, 6.07) is 7.26. The number of nitrogens with zero attached hydrogens (tertiary/aromatic N) is 3.